The third-order valence-corrected chi connectivity index (χ3v) is 2.89. The first-order valence-electron chi connectivity index (χ1n) is 5.90. The zero-order valence-corrected chi connectivity index (χ0v) is 10.2. The highest BCUT2D eigenvalue weighted by atomic mass is 15.0. The number of para-hydroxylation sites is 1. The average molecular weight is 238 g/mol. The van der Waals surface area contributed by atoms with E-state index in [4.69, 9.17) is 0 Å². The third kappa shape index (κ3) is 1.87. The minimum absolute atomic E-state index is 0.756. The van der Waals surface area contributed by atoms with Crippen LogP contribution in [0.15, 0.2) is 49.1 Å². The summed E-state index contributed by atoms with van der Waals surface area (Å²) in [4.78, 5) is 8.75. The van der Waals surface area contributed by atoms with Crippen LogP contribution in [0.25, 0.3) is 16.6 Å². The average Bonchev–Trinajstić information content (AvgIpc) is 2.92. The monoisotopic (exact) mass is 238 g/mol. The number of fused-ring (bicyclic) bond motifs is 1. The smallest absolute Gasteiger partial charge is 0.0991 e. The number of rotatable bonds is 3. The summed E-state index contributed by atoms with van der Waals surface area (Å²) in [5.41, 5.74) is 3.15. The lowest BCUT2D eigenvalue weighted by Gasteiger charge is -2.10. The maximum atomic E-state index is 4.64. The molecule has 0 saturated carbocycles. The van der Waals surface area contributed by atoms with Crippen molar-refractivity contribution >= 4 is 10.9 Å². The van der Waals surface area contributed by atoms with Gasteiger partial charge in [-0.1, -0.05) is 18.2 Å². The van der Waals surface area contributed by atoms with Crippen LogP contribution in [0.3, 0.4) is 0 Å². The molecule has 0 bridgehead atoms. The SMILES string of the molecule is CNCc1cc(-n2ccnc2)c2ccccc2n1. The maximum absolute atomic E-state index is 4.64. The maximum Gasteiger partial charge on any atom is 0.0991 e. The largest absolute Gasteiger partial charge is 0.314 e. The molecular weight excluding hydrogens is 224 g/mol. The fourth-order valence-electron chi connectivity index (χ4n) is 2.10. The second-order valence-corrected chi connectivity index (χ2v) is 4.15. The molecule has 0 saturated heterocycles. The summed E-state index contributed by atoms with van der Waals surface area (Å²) in [5, 5.41) is 4.27. The molecule has 0 atom stereocenters. The first-order chi connectivity index (χ1) is 8.88. The number of imidazole rings is 1. The van der Waals surface area contributed by atoms with E-state index in [9.17, 15) is 0 Å². The van der Waals surface area contributed by atoms with Crippen LogP contribution in [0.4, 0.5) is 0 Å². The predicted molar refractivity (Wildman–Crippen MR) is 71.6 cm³/mol. The highest BCUT2D eigenvalue weighted by molar-refractivity contribution is 5.87. The van der Waals surface area contributed by atoms with Crippen LogP contribution in [-0.2, 0) is 6.54 Å². The van der Waals surface area contributed by atoms with Gasteiger partial charge in [-0.15, -0.1) is 0 Å². The van der Waals surface area contributed by atoms with Crippen molar-refractivity contribution in [2.75, 3.05) is 7.05 Å². The first kappa shape index (κ1) is 10.9. The molecule has 3 aromatic rings. The molecule has 0 fully saturated rings. The van der Waals surface area contributed by atoms with Crippen molar-refractivity contribution in [3.63, 3.8) is 0 Å². The second-order valence-electron chi connectivity index (χ2n) is 4.15. The van der Waals surface area contributed by atoms with Crippen molar-refractivity contribution in [2.24, 2.45) is 0 Å². The molecule has 1 aromatic carbocycles. The molecular formula is C14H14N4. The number of pyridine rings is 1. The summed E-state index contributed by atoms with van der Waals surface area (Å²) < 4.78 is 2.02. The number of nitrogens with zero attached hydrogens (tertiary/aromatic N) is 3. The van der Waals surface area contributed by atoms with E-state index >= 15 is 0 Å². The van der Waals surface area contributed by atoms with E-state index in [0.29, 0.717) is 0 Å². The van der Waals surface area contributed by atoms with Gasteiger partial charge in [0, 0.05) is 24.3 Å². The lowest BCUT2D eigenvalue weighted by atomic mass is 10.1. The molecule has 4 nitrogen and oxygen atoms in total. The van der Waals surface area contributed by atoms with Crippen LogP contribution >= 0.6 is 0 Å². The van der Waals surface area contributed by atoms with E-state index in [1.54, 1.807) is 6.20 Å². The molecule has 0 radical (unpaired) electrons. The number of hydrogen-bond acceptors (Lipinski definition) is 3. The lowest BCUT2D eigenvalue weighted by Crippen LogP contribution is -2.08. The van der Waals surface area contributed by atoms with E-state index in [-0.39, 0.29) is 0 Å². The zero-order chi connectivity index (χ0) is 12.4. The Hall–Kier alpha value is -2.20. The predicted octanol–water partition coefficient (Wildman–Crippen LogP) is 2.14. The zero-order valence-electron chi connectivity index (χ0n) is 10.2. The Kier molecular flexibility index (Phi) is 2.78. The highest BCUT2D eigenvalue weighted by Crippen LogP contribution is 2.21. The van der Waals surface area contributed by atoms with Gasteiger partial charge in [-0.2, -0.15) is 0 Å². The molecule has 0 aliphatic heterocycles. The molecule has 0 spiro atoms. The summed E-state index contributed by atoms with van der Waals surface area (Å²) in [6.07, 6.45) is 5.54. The van der Waals surface area contributed by atoms with Gasteiger partial charge in [0.2, 0.25) is 0 Å². The van der Waals surface area contributed by atoms with Crippen LogP contribution in [0.1, 0.15) is 5.69 Å². The van der Waals surface area contributed by atoms with E-state index < -0.39 is 0 Å². The minimum atomic E-state index is 0.756. The van der Waals surface area contributed by atoms with Crippen LogP contribution in [0, 0.1) is 0 Å². The van der Waals surface area contributed by atoms with Crippen LogP contribution in [-0.4, -0.2) is 21.6 Å². The van der Waals surface area contributed by atoms with Gasteiger partial charge in [0.1, 0.15) is 0 Å². The Labute approximate surface area is 105 Å². The summed E-state index contributed by atoms with van der Waals surface area (Å²) in [6, 6.07) is 10.3. The standard InChI is InChI=1S/C14H14N4/c1-15-9-11-8-14(18-7-6-16-10-18)12-4-2-3-5-13(12)17-11/h2-8,10,15H,9H2,1H3. The molecule has 0 aliphatic carbocycles. The van der Waals surface area contributed by atoms with Crippen LogP contribution in [0.5, 0.6) is 0 Å². The Balaban J connectivity index is 2.27. The third-order valence-electron chi connectivity index (χ3n) is 2.89. The van der Waals surface area contributed by atoms with E-state index in [1.165, 1.54) is 0 Å². The van der Waals surface area contributed by atoms with Gasteiger partial charge >= 0.3 is 0 Å². The van der Waals surface area contributed by atoms with E-state index in [1.807, 2.05) is 42.3 Å². The number of hydrogen-bond donors (Lipinski definition) is 1. The fourth-order valence-corrected chi connectivity index (χ4v) is 2.10. The molecule has 0 amide bonds. The van der Waals surface area contributed by atoms with Crippen molar-refractivity contribution < 1.29 is 0 Å². The molecule has 2 aromatic heterocycles. The van der Waals surface area contributed by atoms with Gasteiger partial charge in [0.25, 0.3) is 0 Å². The van der Waals surface area contributed by atoms with Crippen LogP contribution < -0.4 is 5.32 Å². The molecule has 3 rings (SSSR count). The minimum Gasteiger partial charge on any atom is -0.314 e. The Morgan fingerprint density at radius 1 is 1.28 bits per heavy atom. The normalized spacial score (nSPS) is 10.9. The van der Waals surface area contributed by atoms with Gasteiger partial charge in [-0.25, -0.2) is 4.98 Å². The second kappa shape index (κ2) is 4.58. The molecule has 4 heteroatoms. The molecule has 2 heterocycles. The molecule has 90 valence electrons. The van der Waals surface area contributed by atoms with E-state index in [2.05, 4.69) is 27.4 Å². The Morgan fingerprint density at radius 2 is 2.17 bits per heavy atom. The van der Waals surface area contributed by atoms with Gasteiger partial charge < -0.3 is 9.88 Å². The van der Waals surface area contributed by atoms with Gasteiger partial charge in [-0.05, 0) is 19.2 Å². The van der Waals surface area contributed by atoms with Crippen molar-refractivity contribution in [1.82, 2.24) is 19.9 Å². The fraction of sp³-hybridized carbons (Fsp3) is 0.143. The van der Waals surface area contributed by atoms with Crippen molar-refractivity contribution in [3.8, 4) is 5.69 Å². The summed E-state index contributed by atoms with van der Waals surface area (Å²) in [5.74, 6) is 0. The topological polar surface area (TPSA) is 42.7 Å². The summed E-state index contributed by atoms with van der Waals surface area (Å²) in [6.45, 7) is 0.756. The van der Waals surface area contributed by atoms with Crippen molar-refractivity contribution in [2.45, 2.75) is 6.54 Å². The molecule has 1 N–H and O–H groups in total. The Morgan fingerprint density at radius 3 is 2.94 bits per heavy atom. The summed E-state index contributed by atoms with van der Waals surface area (Å²) >= 11 is 0. The quantitative estimate of drug-likeness (QED) is 0.760. The molecule has 0 aliphatic rings. The molecule has 0 unspecified atom stereocenters. The van der Waals surface area contributed by atoms with Gasteiger partial charge in [0.15, 0.2) is 0 Å². The van der Waals surface area contributed by atoms with Gasteiger partial charge in [-0.3, -0.25) is 4.98 Å². The van der Waals surface area contributed by atoms with Crippen molar-refractivity contribution in [3.05, 3.63) is 54.7 Å². The first-order valence-corrected chi connectivity index (χ1v) is 5.90. The lowest BCUT2D eigenvalue weighted by molar-refractivity contribution is 0.794. The number of benzene rings is 1. The van der Waals surface area contributed by atoms with Crippen LogP contribution in [0.2, 0.25) is 0 Å². The number of aromatic nitrogens is 3. The molecule has 18 heavy (non-hydrogen) atoms. The Bertz CT molecular complexity index is 659. The van der Waals surface area contributed by atoms with Gasteiger partial charge in [0.05, 0.1) is 23.2 Å². The number of nitrogens with one attached hydrogen (secondary N) is 1. The highest BCUT2D eigenvalue weighted by Gasteiger charge is 2.06. The summed E-state index contributed by atoms with van der Waals surface area (Å²) in [7, 11) is 1.92. The van der Waals surface area contributed by atoms with Crippen molar-refractivity contribution in [1.29, 1.82) is 0 Å². The van der Waals surface area contributed by atoms with E-state index in [0.717, 1.165) is 28.8 Å².